The molecule has 1 aromatic heterocycles. The van der Waals surface area contributed by atoms with Gasteiger partial charge in [-0.2, -0.15) is 0 Å². The van der Waals surface area contributed by atoms with Crippen molar-refractivity contribution in [2.45, 2.75) is 13.8 Å². The predicted molar refractivity (Wildman–Crippen MR) is 109 cm³/mol. The van der Waals surface area contributed by atoms with Crippen LogP contribution in [-0.4, -0.2) is 51.1 Å². The van der Waals surface area contributed by atoms with Crippen LogP contribution in [0.3, 0.4) is 0 Å². The molecule has 3 rings (SSSR count). The number of aryl methyl sites for hydroxylation is 1. The van der Waals surface area contributed by atoms with E-state index in [1.54, 1.807) is 19.1 Å². The molecule has 1 aromatic carbocycles. The summed E-state index contributed by atoms with van der Waals surface area (Å²) in [5, 5.41) is 2.76. The molecule has 0 unspecified atom stereocenters. The Bertz CT molecular complexity index is 1040. The van der Waals surface area contributed by atoms with Crippen molar-refractivity contribution >= 4 is 45.8 Å². The van der Waals surface area contributed by atoms with Crippen molar-refractivity contribution in [1.82, 2.24) is 0 Å². The van der Waals surface area contributed by atoms with E-state index in [0.717, 1.165) is 16.9 Å². The highest BCUT2D eigenvalue weighted by Crippen LogP contribution is 2.35. The number of esters is 2. The Morgan fingerprint density at radius 3 is 2.53 bits per heavy atom. The van der Waals surface area contributed by atoms with Gasteiger partial charge in [0.05, 0.1) is 25.5 Å². The summed E-state index contributed by atoms with van der Waals surface area (Å²) in [7, 11) is 2.43. The van der Waals surface area contributed by atoms with Crippen LogP contribution in [0.2, 0.25) is 0 Å². The van der Waals surface area contributed by atoms with Gasteiger partial charge in [0.25, 0.3) is 5.91 Å². The lowest BCUT2D eigenvalue weighted by Gasteiger charge is -2.29. The number of rotatable bonds is 5. The van der Waals surface area contributed by atoms with Crippen LogP contribution in [0, 0.1) is 13.8 Å². The van der Waals surface area contributed by atoms with Gasteiger partial charge in [-0.05, 0) is 37.1 Å². The van der Waals surface area contributed by atoms with Crippen LogP contribution in [0.25, 0.3) is 0 Å². The summed E-state index contributed by atoms with van der Waals surface area (Å²) in [5.74, 6) is -1.73. The van der Waals surface area contributed by atoms with Gasteiger partial charge in [0.1, 0.15) is 22.2 Å². The van der Waals surface area contributed by atoms with Crippen molar-refractivity contribution in [3.05, 3.63) is 39.8 Å². The van der Waals surface area contributed by atoms with E-state index in [4.69, 9.17) is 14.2 Å². The molecule has 1 aliphatic heterocycles. The van der Waals surface area contributed by atoms with Crippen molar-refractivity contribution < 1.29 is 33.4 Å². The average molecular weight is 432 g/mol. The molecule has 0 atom stereocenters. The number of thiophene rings is 1. The van der Waals surface area contributed by atoms with E-state index in [1.165, 1.54) is 19.1 Å². The molecule has 9 nitrogen and oxygen atoms in total. The fourth-order valence-corrected chi connectivity index (χ4v) is 4.16. The van der Waals surface area contributed by atoms with Gasteiger partial charge in [0.2, 0.25) is 5.91 Å². The number of amides is 2. The van der Waals surface area contributed by atoms with E-state index in [9.17, 15) is 19.2 Å². The third kappa shape index (κ3) is 3.99. The van der Waals surface area contributed by atoms with Gasteiger partial charge in [-0.1, -0.05) is 6.07 Å². The standard InChI is InChI=1S/C20H20N2O7S/c1-10-5-6-13-12(7-10)22(15(24)9-29-13)8-14(23)21-18-16(19(25)27-3)11(2)17(30-18)20(26)28-4/h5-7H,8-9H2,1-4H3,(H,21,23). The Balaban J connectivity index is 1.88. The second-order valence-electron chi connectivity index (χ2n) is 6.53. The van der Waals surface area contributed by atoms with E-state index in [-0.39, 0.29) is 34.5 Å². The molecule has 1 N–H and O–H groups in total. The maximum absolute atomic E-state index is 12.7. The highest BCUT2D eigenvalue weighted by molar-refractivity contribution is 7.18. The number of hydrogen-bond donors (Lipinski definition) is 1. The number of anilines is 2. The number of carbonyl (C=O) groups excluding carboxylic acids is 4. The summed E-state index contributed by atoms with van der Waals surface area (Å²) in [5.41, 5.74) is 1.81. The molecule has 2 aromatic rings. The third-order valence-corrected chi connectivity index (χ3v) is 5.71. The number of nitrogens with zero attached hydrogens (tertiary/aromatic N) is 1. The zero-order chi connectivity index (χ0) is 22.0. The monoisotopic (exact) mass is 432 g/mol. The van der Waals surface area contributed by atoms with Crippen LogP contribution >= 0.6 is 11.3 Å². The first-order chi connectivity index (χ1) is 14.3. The van der Waals surface area contributed by atoms with Crippen molar-refractivity contribution in [1.29, 1.82) is 0 Å². The van der Waals surface area contributed by atoms with Crippen LogP contribution in [-0.2, 0) is 19.1 Å². The molecule has 10 heteroatoms. The summed E-state index contributed by atoms with van der Waals surface area (Å²) in [4.78, 5) is 50.8. The Morgan fingerprint density at radius 2 is 1.87 bits per heavy atom. The van der Waals surface area contributed by atoms with Gasteiger partial charge in [0.15, 0.2) is 6.61 Å². The minimum absolute atomic E-state index is 0.0702. The molecule has 0 radical (unpaired) electrons. The molecular weight excluding hydrogens is 412 g/mol. The second-order valence-corrected chi connectivity index (χ2v) is 7.55. The molecule has 158 valence electrons. The fourth-order valence-electron chi connectivity index (χ4n) is 3.03. The quantitative estimate of drug-likeness (QED) is 0.722. The Labute approximate surface area is 176 Å². The van der Waals surface area contributed by atoms with Gasteiger partial charge in [0, 0.05) is 0 Å². The third-order valence-electron chi connectivity index (χ3n) is 4.52. The number of hydrogen-bond acceptors (Lipinski definition) is 8. The maximum atomic E-state index is 12.7. The lowest BCUT2D eigenvalue weighted by Crippen LogP contribution is -2.43. The molecule has 0 saturated carbocycles. The minimum atomic E-state index is -0.697. The molecule has 0 fully saturated rings. The summed E-state index contributed by atoms with van der Waals surface area (Å²) in [6, 6.07) is 5.34. The fraction of sp³-hybridized carbons (Fsp3) is 0.300. The topological polar surface area (TPSA) is 111 Å². The molecule has 30 heavy (non-hydrogen) atoms. The number of benzene rings is 1. The first-order valence-corrected chi connectivity index (χ1v) is 9.72. The lowest BCUT2D eigenvalue weighted by atomic mass is 10.1. The van der Waals surface area contributed by atoms with Gasteiger partial charge in [-0.15, -0.1) is 11.3 Å². The number of nitrogens with one attached hydrogen (secondary N) is 1. The van der Waals surface area contributed by atoms with Crippen LogP contribution in [0.15, 0.2) is 18.2 Å². The molecule has 2 amide bonds. The Kier molecular flexibility index (Phi) is 6.06. The maximum Gasteiger partial charge on any atom is 0.348 e. The largest absolute Gasteiger partial charge is 0.482 e. The SMILES string of the molecule is COC(=O)c1sc(NC(=O)CN2C(=O)COc3ccc(C)cc32)c(C(=O)OC)c1C. The van der Waals surface area contributed by atoms with Gasteiger partial charge >= 0.3 is 11.9 Å². The summed E-state index contributed by atoms with van der Waals surface area (Å²) in [6.45, 7) is 2.96. The number of carbonyl (C=O) groups is 4. The molecule has 2 heterocycles. The molecule has 0 saturated heterocycles. The number of ether oxygens (including phenoxy) is 3. The Hall–Kier alpha value is -3.40. The van der Waals surface area contributed by atoms with E-state index < -0.39 is 17.8 Å². The normalized spacial score (nSPS) is 12.7. The van der Waals surface area contributed by atoms with Gasteiger partial charge in [-0.3, -0.25) is 14.5 Å². The Morgan fingerprint density at radius 1 is 1.17 bits per heavy atom. The van der Waals surface area contributed by atoms with E-state index in [0.29, 0.717) is 17.0 Å². The van der Waals surface area contributed by atoms with Gasteiger partial charge in [-0.25, -0.2) is 9.59 Å². The lowest BCUT2D eigenvalue weighted by molar-refractivity contribution is -0.123. The van der Waals surface area contributed by atoms with Crippen molar-refractivity contribution in [2.24, 2.45) is 0 Å². The minimum Gasteiger partial charge on any atom is -0.482 e. The van der Waals surface area contributed by atoms with E-state index in [2.05, 4.69) is 5.32 Å². The van der Waals surface area contributed by atoms with E-state index in [1.807, 2.05) is 13.0 Å². The highest BCUT2D eigenvalue weighted by atomic mass is 32.1. The zero-order valence-corrected chi connectivity index (χ0v) is 17.7. The number of fused-ring (bicyclic) bond motifs is 1. The summed E-state index contributed by atoms with van der Waals surface area (Å²) >= 11 is 0.906. The predicted octanol–water partition coefficient (Wildman–Crippen LogP) is 2.30. The molecule has 1 aliphatic rings. The molecule has 0 aliphatic carbocycles. The smallest absolute Gasteiger partial charge is 0.348 e. The summed E-state index contributed by atoms with van der Waals surface area (Å²) < 4.78 is 14.9. The zero-order valence-electron chi connectivity index (χ0n) is 16.9. The second kappa shape index (κ2) is 8.54. The van der Waals surface area contributed by atoms with Gasteiger partial charge < -0.3 is 19.5 Å². The molecular formula is C20H20N2O7S. The molecule has 0 spiro atoms. The van der Waals surface area contributed by atoms with Crippen molar-refractivity contribution in [3.63, 3.8) is 0 Å². The number of methoxy groups -OCH3 is 2. The van der Waals surface area contributed by atoms with Crippen molar-refractivity contribution in [3.8, 4) is 5.75 Å². The highest BCUT2D eigenvalue weighted by Gasteiger charge is 2.30. The van der Waals surface area contributed by atoms with Crippen LogP contribution in [0.4, 0.5) is 10.7 Å². The first-order valence-electron chi connectivity index (χ1n) is 8.90. The summed E-state index contributed by atoms with van der Waals surface area (Å²) in [6.07, 6.45) is 0. The average Bonchev–Trinajstić information content (AvgIpc) is 3.04. The van der Waals surface area contributed by atoms with E-state index >= 15 is 0 Å². The van der Waals surface area contributed by atoms with Crippen LogP contribution < -0.4 is 15.0 Å². The van der Waals surface area contributed by atoms with Crippen molar-refractivity contribution in [2.75, 3.05) is 37.6 Å². The first kappa shape index (κ1) is 21.3. The molecule has 0 bridgehead atoms. The van der Waals surface area contributed by atoms with Crippen LogP contribution in [0.1, 0.15) is 31.2 Å². The van der Waals surface area contributed by atoms with Crippen LogP contribution in [0.5, 0.6) is 5.75 Å².